The molecule has 174 valence electrons. The molecule has 5 rings (SSSR count). The van der Waals surface area contributed by atoms with E-state index in [-0.39, 0.29) is 24.2 Å². The summed E-state index contributed by atoms with van der Waals surface area (Å²) in [5.41, 5.74) is 10.7. The molecule has 0 unspecified atom stereocenters. The number of ether oxygens (including phenoxy) is 1. The van der Waals surface area contributed by atoms with Gasteiger partial charge in [0.1, 0.15) is 10.8 Å². The molecule has 8 heteroatoms. The van der Waals surface area contributed by atoms with Crippen LogP contribution in [-0.4, -0.2) is 23.3 Å². The number of allylic oxidation sites excluding steroid dienone is 3. The number of hydrogen-bond acceptors (Lipinski definition) is 8. The number of Topliss-reactive ketones (excluding diaryl/α,β-unsaturated/α-hetero) is 1. The van der Waals surface area contributed by atoms with E-state index in [1.165, 1.54) is 11.3 Å². The number of anilines is 1. The van der Waals surface area contributed by atoms with Gasteiger partial charge in [0.15, 0.2) is 5.78 Å². The van der Waals surface area contributed by atoms with E-state index in [0.29, 0.717) is 41.0 Å². The maximum absolute atomic E-state index is 13.3. The molecule has 34 heavy (non-hydrogen) atoms. The van der Waals surface area contributed by atoms with Gasteiger partial charge in [-0.15, -0.1) is 11.3 Å². The predicted octanol–water partition coefficient (Wildman–Crippen LogP) is 4.50. The summed E-state index contributed by atoms with van der Waals surface area (Å²) < 4.78 is 5.45. The molecule has 0 radical (unpaired) electrons. The van der Waals surface area contributed by atoms with Crippen molar-refractivity contribution in [3.05, 3.63) is 68.8 Å². The van der Waals surface area contributed by atoms with E-state index in [4.69, 9.17) is 10.5 Å². The van der Waals surface area contributed by atoms with Gasteiger partial charge in [0.2, 0.25) is 0 Å². The fourth-order valence-corrected chi connectivity index (χ4v) is 6.74. The van der Waals surface area contributed by atoms with Crippen LogP contribution in [0.1, 0.15) is 71.3 Å². The highest BCUT2D eigenvalue weighted by Gasteiger charge is 2.42. The van der Waals surface area contributed by atoms with Gasteiger partial charge in [0, 0.05) is 35.0 Å². The Bertz CT molecular complexity index is 1270. The highest BCUT2D eigenvalue weighted by atomic mass is 32.1. The summed E-state index contributed by atoms with van der Waals surface area (Å²) in [6.07, 6.45) is 8.91. The zero-order valence-corrected chi connectivity index (χ0v) is 19.9. The summed E-state index contributed by atoms with van der Waals surface area (Å²) in [6.45, 7) is 2.06. The zero-order valence-electron chi connectivity index (χ0n) is 19.1. The molecule has 0 saturated carbocycles. The number of thiophene rings is 1. The van der Waals surface area contributed by atoms with Crippen LogP contribution < -0.4 is 10.6 Å². The average Bonchev–Trinajstić information content (AvgIpc) is 3.23. The van der Waals surface area contributed by atoms with Gasteiger partial charge in [0.25, 0.3) is 0 Å². The van der Waals surface area contributed by atoms with Crippen LogP contribution in [-0.2, 0) is 22.4 Å². The molecule has 2 aliphatic carbocycles. The molecule has 7 nitrogen and oxygen atoms in total. The fraction of sp³-hybridized carbons (Fsp3) is 0.385. The first kappa shape index (κ1) is 22.4. The first-order valence-corrected chi connectivity index (χ1v) is 12.6. The van der Waals surface area contributed by atoms with E-state index in [0.717, 1.165) is 47.4 Å². The molecular formula is C26H26N4O3S. The van der Waals surface area contributed by atoms with E-state index in [2.05, 4.69) is 11.1 Å². The van der Waals surface area contributed by atoms with Gasteiger partial charge in [0.05, 0.1) is 29.7 Å². The number of esters is 1. The number of ketones is 1. The van der Waals surface area contributed by atoms with Gasteiger partial charge in [-0.2, -0.15) is 5.26 Å². The number of carbonyl (C=O) groups is 2. The number of nitriles is 1. The Morgan fingerprint density at radius 1 is 1.29 bits per heavy atom. The van der Waals surface area contributed by atoms with Crippen molar-refractivity contribution in [2.45, 2.75) is 57.8 Å². The summed E-state index contributed by atoms with van der Waals surface area (Å²) in [7, 11) is 0. The maximum Gasteiger partial charge on any atom is 0.341 e. The normalized spacial score (nSPS) is 20.1. The predicted molar refractivity (Wildman–Crippen MR) is 129 cm³/mol. The topological polar surface area (TPSA) is 109 Å². The Balaban J connectivity index is 1.76. The Labute approximate surface area is 202 Å². The quantitative estimate of drug-likeness (QED) is 0.650. The van der Waals surface area contributed by atoms with E-state index >= 15 is 0 Å². The van der Waals surface area contributed by atoms with Crippen LogP contribution >= 0.6 is 11.3 Å². The number of rotatable bonds is 4. The molecule has 0 bridgehead atoms. The van der Waals surface area contributed by atoms with Gasteiger partial charge in [-0.05, 0) is 62.6 Å². The maximum atomic E-state index is 13.3. The molecule has 0 saturated heterocycles. The average molecular weight is 475 g/mol. The van der Waals surface area contributed by atoms with Gasteiger partial charge in [-0.1, -0.05) is 6.07 Å². The number of aromatic nitrogens is 1. The lowest BCUT2D eigenvalue weighted by atomic mass is 9.76. The SMILES string of the molecule is CCOC(=O)c1c(N2C(N)=C(C#N)[C@@H](c3cccnc3)C3=C2CCCC3=O)sc2c1CCCC2. The number of fused-ring (bicyclic) bond motifs is 1. The van der Waals surface area contributed by atoms with Gasteiger partial charge in [-0.3, -0.25) is 14.7 Å². The van der Waals surface area contributed by atoms with Crippen LogP contribution in [0.3, 0.4) is 0 Å². The van der Waals surface area contributed by atoms with E-state index < -0.39 is 5.92 Å². The molecule has 0 aromatic carbocycles. The molecule has 0 amide bonds. The van der Waals surface area contributed by atoms with Crippen LogP contribution in [0, 0.1) is 11.3 Å². The second-order valence-electron chi connectivity index (χ2n) is 8.71. The van der Waals surface area contributed by atoms with Crippen molar-refractivity contribution in [2.75, 3.05) is 11.5 Å². The largest absolute Gasteiger partial charge is 0.462 e. The molecule has 2 N–H and O–H groups in total. The van der Waals surface area contributed by atoms with Gasteiger partial charge >= 0.3 is 5.97 Å². The zero-order chi connectivity index (χ0) is 23.8. The third kappa shape index (κ3) is 3.51. The highest BCUT2D eigenvalue weighted by molar-refractivity contribution is 7.16. The molecule has 3 heterocycles. The third-order valence-corrected chi connectivity index (χ3v) is 8.04. The van der Waals surface area contributed by atoms with E-state index in [1.54, 1.807) is 25.4 Å². The van der Waals surface area contributed by atoms with Crippen molar-refractivity contribution in [3.63, 3.8) is 0 Å². The third-order valence-electron chi connectivity index (χ3n) is 6.77. The second kappa shape index (κ2) is 9.07. The number of nitrogens with two attached hydrogens (primary N) is 1. The minimum absolute atomic E-state index is 0.0133. The minimum Gasteiger partial charge on any atom is -0.462 e. The summed E-state index contributed by atoms with van der Waals surface area (Å²) in [4.78, 5) is 33.7. The molecule has 0 fully saturated rings. The Hall–Kier alpha value is -3.44. The van der Waals surface area contributed by atoms with Gasteiger partial charge in [-0.25, -0.2) is 4.79 Å². The van der Waals surface area contributed by atoms with Crippen LogP contribution in [0.5, 0.6) is 0 Å². The highest BCUT2D eigenvalue weighted by Crippen LogP contribution is 2.50. The molecular weight excluding hydrogens is 448 g/mol. The Morgan fingerprint density at radius 2 is 2.12 bits per heavy atom. The smallest absolute Gasteiger partial charge is 0.341 e. The summed E-state index contributed by atoms with van der Waals surface area (Å²) >= 11 is 1.54. The first-order chi connectivity index (χ1) is 16.6. The van der Waals surface area contributed by atoms with Crippen molar-refractivity contribution in [3.8, 4) is 6.07 Å². The lowest BCUT2D eigenvalue weighted by molar-refractivity contribution is -0.116. The minimum atomic E-state index is -0.557. The van der Waals surface area contributed by atoms with Crippen molar-refractivity contribution in [1.82, 2.24) is 4.98 Å². The van der Waals surface area contributed by atoms with Gasteiger partial charge < -0.3 is 10.5 Å². The standard InChI is InChI=1S/C26H26N4O3S/c1-2-33-26(32)22-16-8-3-4-11-20(16)34-25(22)30-18-9-5-10-19(31)23(18)21(17(13-27)24(30)28)15-7-6-12-29-14-15/h6-7,12,14,21H,2-5,8-11,28H2,1H3/t21-/m1/s1. The molecule has 1 atom stereocenters. The number of pyridine rings is 1. The Morgan fingerprint density at radius 3 is 2.85 bits per heavy atom. The van der Waals surface area contributed by atoms with Crippen LogP contribution in [0.25, 0.3) is 0 Å². The second-order valence-corrected chi connectivity index (χ2v) is 9.80. The van der Waals surface area contributed by atoms with E-state index in [1.807, 2.05) is 11.0 Å². The lowest BCUT2D eigenvalue weighted by Crippen LogP contribution is -2.39. The van der Waals surface area contributed by atoms with Crippen molar-refractivity contribution < 1.29 is 14.3 Å². The fourth-order valence-electron chi connectivity index (χ4n) is 5.32. The van der Waals surface area contributed by atoms with Crippen molar-refractivity contribution in [2.24, 2.45) is 5.73 Å². The van der Waals surface area contributed by atoms with Crippen LogP contribution in [0.4, 0.5) is 5.00 Å². The van der Waals surface area contributed by atoms with Crippen LogP contribution in [0.15, 0.2) is 47.2 Å². The molecule has 1 aliphatic heterocycles. The number of hydrogen-bond donors (Lipinski definition) is 1. The number of nitrogens with zero attached hydrogens (tertiary/aromatic N) is 3. The van der Waals surface area contributed by atoms with Crippen molar-refractivity contribution >= 4 is 28.1 Å². The summed E-state index contributed by atoms with van der Waals surface area (Å²) in [6, 6.07) is 5.95. The molecule has 0 spiro atoms. The number of carbonyl (C=O) groups excluding carboxylic acids is 2. The molecule has 2 aromatic rings. The monoisotopic (exact) mass is 474 g/mol. The lowest BCUT2D eigenvalue weighted by Gasteiger charge is -2.39. The molecule has 2 aromatic heterocycles. The first-order valence-electron chi connectivity index (χ1n) is 11.7. The number of aryl methyl sites for hydroxylation is 1. The summed E-state index contributed by atoms with van der Waals surface area (Å²) in [5.74, 6) is -0.645. The Kier molecular flexibility index (Phi) is 5.96. The summed E-state index contributed by atoms with van der Waals surface area (Å²) in [5, 5.41) is 10.9. The van der Waals surface area contributed by atoms with Crippen molar-refractivity contribution in [1.29, 1.82) is 5.26 Å². The molecule has 3 aliphatic rings. The van der Waals surface area contributed by atoms with Crippen LogP contribution in [0.2, 0.25) is 0 Å². The van der Waals surface area contributed by atoms with E-state index in [9.17, 15) is 14.9 Å².